The second-order valence-corrected chi connectivity index (χ2v) is 4.23. The van der Waals surface area contributed by atoms with Crippen LogP contribution in [0, 0.1) is 0 Å². The topological polar surface area (TPSA) is 32.7 Å². The zero-order valence-electron chi connectivity index (χ0n) is 9.51. The summed E-state index contributed by atoms with van der Waals surface area (Å²) in [5, 5.41) is 9.05. The molecule has 1 aromatic carbocycles. The van der Waals surface area contributed by atoms with E-state index in [9.17, 15) is 0 Å². The highest BCUT2D eigenvalue weighted by Gasteiger charge is 2.16. The molecule has 3 heteroatoms. The number of hydrogen-bond donors (Lipinski definition) is 1. The van der Waals surface area contributed by atoms with E-state index < -0.39 is 0 Å². The van der Waals surface area contributed by atoms with E-state index in [2.05, 4.69) is 29.2 Å². The van der Waals surface area contributed by atoms with Crippen molar-refractivity contribution in [2.45, 2.75) is 19.1 Å². The van der Waals surface area contributed by atoms with Gasteiger partial charge in [0.15, 0.2) is 0 Å². The summed E-state index contributed by atoms with van der Waals surface area (Å²) >= 11 is 0. The van der Waals surface area contributed by atoms with Gasteiger partial charge in [-0.25, -0.2) is 0 Å². The number of ether oxygens (including phenoxy) is 1. The fourth-order valence-corrected chi connectivity index (χ4v) is 2.01. The van der Waals surface area contributed by atoms with Crippen LogP contribution < -0.4 is 0 Å². The Morgan fingerprint density at radius 3 is 2.81 bits per heavy atom. The SMILES string of the molecule is OCC1CCN(Cc2ccccc2)CCO1. The lowest BCUT2D eigenvalue weighted by molar-refractivity contribution is 0.0209. The Hall–Kier alpha value is -0.900. The molecule has 1 N–H and O–H groups in total. The van der Waals surface area contributed by atoms with Crippen molar-refractivity contribution in [2.75, 3.05) is 26.3 Å². The molecule has 88 valence electrons. The minimum Gasteiger partial charge on any atom is -0.394 e. The summed E-state index contributed by atoms with van der Waals surface area (Å²) in [5.74, 6) is 0. The van der Waals surface area contributed by atoms with E-state index in [1.165, 1.54) is 5.56 Å². The first kappa shape index (κ1) is 11.6. The lowest BCUT2D eigenvalue weighted by atomic mass is 10.2. The Morgan fingerprint density at radius 1 is 1.25 bits per heavy atom. The van der Waals surface area contributed by atoms with Crippen molar-refractivity contribution >= 4 is 0 Å². The molecular weight excluding hydrogens is 202 g/mol. The van der Waals surface area contributed by atoms with Crippen LogP contribution in [0.1, 0.15) is 12.0 Å². The predicted molar refractivity (Wildman–Crippen MR) is 63.2 cm³/mol. The van der Waals surface area contributed by atoms with E-state index in [0.717, 1.165) is 32.7 Å². The van der Waals surface area contributed by atoms with E-state index in [-0.39, 0.29) is 12.7 Å². The van der Waals surface area contributed by atoms with E-state index in [1.54, 1.807) is 0 Å². The number of aliphatic hydroxyl groups is 1. The van der Waals surface area contributed by atoms with Gasteiger partial charge in [0.25, 0.3) is 0 Å². The molecule has 0 aliphatic carbocycles. The first-order valence-electron chi connectivity index (χ1n) is 5.87. The molecule has 0 saturated carbocycles. The molecule has 1 unspecified atom stereocenters. The molecule has 1 aliphatic heterocycles. The van der Waals surface area contributed by atoms with Gasteiger partial charge in [-0.1, -0.05) is 30.3 Å². The van der Waals surface area contributed by atoms with Crippen LogP contribution in [0.3, 0.4) is 0 Å². The number of hydrogen-bond acceptors (Lipinski definition) is 3. The summed E-state index contributed by atoms with van der Waals surface area (Å²) in [6.07, 6.45) is 0.948. The molecule has 0 radical (unpaired) electrons. The Labute approximate surface area is 96.6 Å². The Morgan fingerprint density at radius 2 is 2.06 bits per heavy atom. The Bertz CT molecular complexity index is 302. The van der Waals surface area contributed by atoms with Crippen LogP contribution >= 0.6 is 0 Å². The normalized spacial score (nSPS) is 22.9. The third-order valence-electron chi connectivity index (χ3n) is 2.98. The van der Waals surface area contributed by atoms with Crippen molar-refractivity contribution in [2.24, 2.45) is 0 Å². The third-order valence-corrected chi connectivity index (χ3v) is 2.98. The summed E-state index contributed by atoms with van der Waals surface area (Å²) in [6, 6.07) is 10.5. The van der Waals surface area contributed by atoms with E-state index >= 15 is 0 Å². The first-order chi connectivity index (χ1) is 7.88. The summed E-state index contributed by atoms with van der Waals surface area (Å²) < 4.78 is 5.53. The largest absolute Gasteiger partial charge is 0.394 e. The van der Waals surface area contributed by atoms with Crippen molar-refractivity contribution in [1.29, 1.82) is 0 Å². The second kappa shape index (κ2) is 5.99. The number of rotatable bonds is 3. The molecule has 2 rings (SSSR count). The lowest BCUT2D eigenvalue weighted by Gasteiger charge is -2.18. The molecule has 16 heavy (non-hydrogen) atoms. The standard InChI is InChI=1S/C13H19NO2/c15-11-13-6-7-14(8-9-16-13)10-12-4-2-1-3-5-12/h1-5,13,15H,6-11H2. The van der Waals surface area contributed by atoms with Crippen LogP contribution in [0.15, 0.2) is 30.3 Å². The van der Waals surface area contributed by atoms with Gasteiger partial charge in [-0.2, -0.15) is 0 Å². The number of aliphatic hydroxyl groups excluding tert-OH is 1. The highest BCUT2D eigenvalue weighted by Crippen LogP contribution is 2.10. The maximum atomic E-state index is 9.05. The van der Waals surface area contributed by atoms with Crippen LogP contribution in [0.25, 0.3) is 0 Å². The van der Waals surface area contributed by atoms with Gasteiger partial charge in [0.2, 0.25) is 0 Å². The lowest BCUT2D eigenvalue weighted by Crippen LogP contribution is -2.26. The summed E-state index contributed by atoms with van der Waals surface area (Å²) in [6.45, 7) is 3.78. The van der Waals surface area contributed by atoms with Crippen LogP contribution in [0.2, 0.25) is 0 Å². The minimum atomic E-state index is 0.0285. The molecule has 1 aliphatic rings. The van der Waals surface area contributed by atoms with Gasteiger partial charge in [0.05, 0.1) is 19.3 Å². The van der Waals surface area contributed by atoms with Crippen LogP contribution in [0.5, 0.6) is 0 Å². The smallest absolute Gasteiger partial charge is 0.0818 e. The van der Waals surface area contributed by atoms with Crippen molar-refractivity contribution < 1.29 is 9.84 Å². The molecule has 1 heterocycles. The van der Waals surface area contributed by atoms with Crippen molar-refractivity contribution in [3.8, 4) is 0 Å². The van der Waals surface area contributed by atoms with Crippen LogP contribution in [-0.2, 0) is 11.3 Å². The molecule has 1 aromatic rings. The molecule has 0 spiro atoms. The van der Waals surface area contributed by atoms with Crippen LogP contribution in [0.4, 0.5) is 0 Å². The number of nitrogens with zero attached hydrogens (tertiary/aromatic N) is 1. The average Bonchev–Trinajstić information content (AvgIpc) is 2.56. The summed E-state index contributed by atoms with van der Waals surface area (Å²) in [4.78, 5) is 2.38. The van der Waals surface area contributed by atoms with Gasteiger partial charge < -0.3 is 9.84 Å². The monoisotopic (exact) mass is 221 g/mol. The van der Waals surface area contributed by atoms with Crippen molar-refractivity contribution in [3.63, 3.8) is 0 Å². The van der Waals surface area contributed by atoms with Crippen molar-refractivity contribution in [1.82, 2.24) is 4.90 Å². The highest BCUT2D eigenvalue weighted by molar-refractivity contribution is 5.14. The molecule has 3 nitrogen and oxygen atoms in total. The molecule has 1 atom stereocenters. The highest BCUT2D eigenvalue weighted by atomic mass is 16.5. The molecule has 0 aromatic heterocycles. The average molecular weight is 221 g/mol. The molecule has 0 amide bonds. The van der Waals surface area contributed by atoms with E-state index in [1.807, 2.05) is 6.07 Å². The first-order valence-corrected chi connectivity index (χ1v) is 5.87. The van der Waals surface area contributed by atoms with Crippen LogP contribution in [-0.4, -0.2) is 42.4 Å². The van der Waals surface area contributed by atoms with Crippen molar-refractivity contribution in [3.05, 3.63) is 35.9 Å². The quantitative estimate of drug-likeness (QED) is 0.834. The van der Waals surface area contributed by atoms with Gasteiger partial charge in [-0.05, 0) is 12.0 Å². The minimum absolute atomic E-state index is 0.0285. The molecule has 0 bridgehead atoms. The molecule has 1 fully saturated rings. The summed E-state index contributed by atoms with van der Waals surface area (Å²) in [5.41, 5.74) is 1.34. The maximum Gasteiger partial charge on any atom is 0.0818 e. The Kier molecular flexibility index (Phi) is 4.34. The number of benzene rings is 1. The fourth-order valence-electron chi connectivity index (χ4n) is 2.01. The van der Waals surface area contributed by atoms with Gasteiger partial charge in [-0.15, -0.1) is 0 Å². The molecular formula is C13H19NO2. The third kappa shape index (κ3) is 3.30. The van der Waals surface area contributed by atoms with Gasteiger partial charge >= 0.3 is 0 Å². The molecule has 1 saturated heterocycles. The van der Waals surface area contributed by atoms with Gasteiger partial charge in [0.1, 0.15) is 0 Å². The van der Waals surface area contributed by atoms with Gasteiger partial charge in [-0.3, -0.25) is 4.90 Å². The van der Waals surface area contributed by atoms with Gasteiger partial charge in [0, 0.05) is 19.6 Å². The summed E-state index contributed by atoms with van der Waals surface area (Å²) in [7, 11) is 0. The van der Waals surface area contributed by atoms with E-state index in [4.69, 9.17) is 9.84 Å². The maximum absolute atomic E-state index is 9.05. The zero-order chi connectivity index (χ0) is 11.2. The van der Waals surface area contributed by atoms with E-state index in [0.29, 0.717) is 0 Å². The predicted octanol–water partition coefficient (Wildman–Crippen LogP) is 1.27. The fraction of sp³-hybridized carbons (Fsp3) is 0.538. The Balaban J connectivity index is 1.86. The zero-order valence-corrected chi connectivity index (χ0v) is 9.51. The second-order valence-electron chi connectivity index (χ2n) is 4.23.